The second kappa shape index (κ2) is 10.4. The highest BCUT2D eigenvalue weighted by molar-refractivity contribution is 6.24. The summed E-state index contributed by atoms with van der Waals surface area (Å²) in [6.45, 7) is 16.0. The molecule has 1 rings (SSSR count). The zero-order valence-electron chi connectivity index (χ0n) is 19.8. The molecule has 4 nitrogen and oxygen atoms in total. The zero-order chi connectivity index (χ0) is 22.5. The Hall–Kier alpha value is -1.58. The summed E-state index contributed by atoms with van der Waals surface area (Å²) in [5, 5.41) is 22.3. The largest absolute Gasteiger partial charge is 0.511 e. The van der Waals surface area contributed by atoms with Crippen molar-refractivity contribution >= 4 is 11.6 Å². The second-order valence-corrected chi connectivity index (χ2v) is 10.3. The van der Waals surface area contributed by atoms with E-state index in [1.54, 1.807) is 13.8 Å². The van der Waals surface area contributed by atoms with Crippen molar-refractivity contribution in [2.75, 3.05) is 0 Å². The second-order valence-electron chi connectivity index (χ2n) is 10.3. The number of carbonyl (C=O) groups excluding carboxylic acids is 2. The van der Waals surface area contributed by atoms with Gasteiger partial charge in [-0.2, -0.15) is 0 Å². The Morgan fingerprint density at radius 3 is 1.66 bits per heavy atom. The van der Waals surface area contributed by atoms with Crippen LogP contribution in [-0.4, -0.2) is 21.8 Å². The zero-order valence-corrected chi connectivity index (χ0v) is 19.8. The van der Waals surface area contributed by atoms with Crippen LogP contribution in [0.3, 0.4) is 0 Å². The molecule has 0 saturated heterocycles. The minimum Gasteiger partial charge on any atom is -0.511 e. The van der Waals surface area contributed by atoms with Crippen molar-refractivity contribution in [1.82, 2.24) is 0 Å². The average Bonchev–Trinajstić information content (AvgIpc) is 2.60. The first-order valence-corrected chi connectivity index (χ1v) is 11.3. The van der Waals surface area contributed by atoms with Crippen LogP contribution < -0.4 is 0 Å². The minimum absolute atomic E-state index is 0.00209. The van der Waals surface area contributed by atoms with Gasteiger partial charge >= 0.3 is 0 Å². The molecule has 4 heteroatoms. The number of hydrogen-bond acceptors (Lipinski definition) is 4. The summed E-state index contributed by atoms with van der Waals surface area (Å²) in [6.07, 6.45) is 3.77. The van der Waals surface area contributed by atoms with Crippen molar-refractivity contribution in [2.24, 2.45) is 29.1 Å². The third-order valence-corrected chi connectivity index (χ3v) is 5.96. The smallest absolute Gasteiger partial charge is 0.183 e. The molecule has 0 saturated carbocycles. The number of aliphatic hydroxyl groups is 2. The van der Waals surface area contributed by atoms with Crippen molar-refractivity contribution < 1.29 is 19.8 Å². The molecular weight excluding hydrogens is 364 g/mol. The number of allylic oxidation sites excluding steroid dienone is 3. The van der Waals surface area contributed by atoms with E-state index in [9.17, 15) is 19.8 Å². The lowest BCUT2D eigenvalue weighted by Crippen LogP contribution is -2.42. The first kappa shape index (κ1) is 25.5. The van der Waals surface area contributed by atoms with Gasteiger partial charge in [0.05, 0.1) is 5.41 Å². The molecule has 0 atom stereocenters. The third-order valence-electron chi connectivity index (χ3n) is 5.96. The van der Waals surface area contributed by atoms with Gasteiger partial charge in [0.25, 0.3) is 0 Å². The van der Waals surface area contributed by atoms with Crippen molar-refractivity contribution in [2.45, 2.75) is 93.9 Å². The molecule has 0 bridgehead atoms. The van der Waals surface area contributed by atoms with Crippen LogP contribution in [0, 0.1) is 29.1 Å². The van der Waals surface area contributed by atoms with Crippen molar-refractivity contribution in [3.05, 3.63) is 22.7 Å². The molecule has 0 aliphatic heterocycles. The van der Waals surface area contributed by atoms with E-state index in [0.29, 0.717) is 42.6 Å². The van der Waals surface area contributed by atoms with Crippen LogP contribution in [0.15, 0.2) is 22.7 Å². The van der Waals surface area contributed by atoms with Gasteiger partial charge in [-0.3, -0.25) is 9.59 Å². The molecule has 0 aromatic heterocycles. The molecule has 166 valence electrons. The number of Topliss-reactive ketones (excluding diaryl/α,β-unsaturated/α-hetero) is 2. The van der Waals surface area contributed by atoms with Gasteiger partial charge in [-0.25, -0.2) is 0 Å². The Morgan fingerprint density at radius 2 is 1.28 bits per heavy atom. The first-order chi connectivity index (χ1) is 13.3. The fourth-order valence-corrected chi connectivity index (χ4v) is 3.85. The van der Waals surface area contributed by atoms with Crippen LogP contribution in [0.2, 0.25) is 0 Å². The van der Waals surface area contributed by atoms with Crippen LogP contribution in [0.4, 0.5) is 0 Å². The molecule has 29 heavy (non-hydrogen) atoms. The molecule has 2 N–H and O–H groups in total. The van der Waals surface area contributed by atoms with E-state index in [4.69, 9.17) is 0 Å². The topological polar surface area (TPSA) is 74.6 Å². The molecule has 0 aromatic rings. The van der Waals surface area contributed by atoms with Crippen LogP contribution >= 0.6 is 0 Å². The molecule has 1 aliphatic rings. The van der Waals surface area contributed by atoms with Crippen LogP contribution in [0.5, 0.6) is 0 Å². The summed E-state index contributed by atoms with van der Waals surface area (Å²) < 4.78 is 0. The summed E-state index contributed by atoms with van der Waals surface area (Å²) >= 11 is 0. The standard InChI is InChI=1S/C25H42O4/c1-15(2)9-10-19-22(27)20(21(26)18(7)8)24(29)25(23(19)28,13-11-16(3)4)14-12-17(5)6/h15-18,27-28H,9-14H2,1-8H3. The van der Waals surface area contributed by atoms with E-state index < -0.39 is 11.3 Å². The summed E-state index contributed by atoms with van der Waals surface area (Å²) in [5.41, 5.74) is -0.800. The van der Waals surface area contributed by atoms with E-state index >= 15 is 0 Å². The molecule has 0 amide bonds. The number of rotatable bonds is 11. The SMILES string of the molecule is CC(C)CCC1=C(O)C(CCC(C)C)(CCC(C)C)C(=O)C(C(=O)C(C)C)=C1O. The molecule has 0 aromatic carbocycles. The Kier molecular flexibility index (Phi) is 9.17. The van der Waals surface area contributed by atoms with Gasteiger partial charge < -0.3 is 10.2 Å². The highest BCUT2D eigenvalue weighted by atomic mass is 16.3. The van der Waals surface area contributed by atoms with Gasteiger partial charge in [0.15, 0.2) is 11.6 Å². The minimum atomic E-state index is -1.10. The fourth-order valence-electron chi connectivity index (χ4n) is 3.85. The molecule has 0 fully saturated rings. The van der Waals surface area contributed by atoms with E-state index in [1.807, 2.05) is 0 Å². The first-order valence-electron chi connectivity index (χ1n) is 11.3. The van der Waals surface area contributed by atoms with Crippen LogP contribution in [0.25, 0.3) is 0 Å². The van der Waals surface area contributed by atoms with E-state index in [1.165, 1.54) is 0 Å². The maximum Gasteiger partial charge on any atom is 0.183 e. The molecular formula is C25H42O4. The number of carbonyl (C=O) groups is 2. The van der Waals surface area contributed by atoms with E-state index in [2.05, 4.69) is 41.5 Å². The summed E-state index contributed by atoms with van der Waals surface area (Å²) in [7, 11) is 0. The highest BCUT2D eigenvalue weighted by Gasteiger charge is 2.50. The van der Waals surface area contributed by atoms with Crippen molar-refractivity contribution in [3.63, 3.8) is 0 Å². The predicted octanol–water partition coefficient (Wildman–Crippen LogP) is 6.71. The van der Waals surface area contributed by atoms with Gasteiger partial charge in [0.1, 0.15) is 17.1 Å². The quantitative estimate of drug-likeness (QED) is 0.374. The predicted molar refractivity (Wildman–Crippen MR) is 119 cm³/mol. The van der Waals surface area contributed by atoms with Gasteiger partial charge in [0, 0.05) is 11.5 Å². The van der Waals surface area contributed by atoms with Crippen LogP contribution in [0.1, 0.15) is 93.9 Å². The Morgan fingerprint density at radius 1 is 0.828 bits per heavy atom. The van der Waals surface area contributed by atoms with E-state index in [0.717, 1.165) is 19.3 Å². The Bertz CT molecular complexity index is 650. The molecule has 0 unspecified atom stereocenters. The summed E-state index contributed by atoms with van der Waals surface area (Å²) in [6, 6.07) is 0. The van der Waals surface area contributed by atoms with Gasteiger partial charge in [-0.15, -0.1) is 0 Å². The van der Waals surface area contributed by atoms with E-state index in [-0.39, 0.29) is 28.7 Å². The lowest BCUT2D eigenvalue weighted by atomic mass is 9.64. The maximum atomic E-state index is 13.7. The Balaban J connectivity index is 3.64. The van der Waals surface area contributed by atoms with Gasteiger partial charge in [-0.05, 0) is 56.3 Å². The van der Waals surface area contributed by atoms with Gasteiger partial charge in [0.2, 0.25) is 0 Å². The number of hydrogen-bond donors (Lipinski definition) is 2. The maximum absolute atomic E-state index is 13.7. The molecule has 0 spiro atoms. The number of ketones is 2. The lowest BCUT2D eigenvalue weighted by molar-refractivity contribution is -0.130. The molecule has 0 heterocycles. The summed E-state index contributed by atoms with van der Waals surface area (Å²) in [5.74, 6) is -0.287. The number of aliphatic hydroxyl groups excluding tert-OH is 2. The summed E-state index contributed by atoms with van der Waals surface area (Å²) in [4.78, 5) is 26.6. The Labute approximate surface area is 177 Å². The fraction of sp³-hybridized carbons (Fsp3) is 0.760. The van der Waals surface area contributed by atoms with Crippen molar-refractivity contribution in [3.8, 4) is 0 Å². The highest BCUT2D eigenvalue weighted by Crippen LogP contribution is 2.48. The molecule has 0 radical (unpaired) electrons. The monoisotopic (exact) mass is 406 g/mol. The third kappa shape index (κ3) is 5.96. The van der Waals surface area contributed by atoms with Crippen LogP contribution in [-0.2, 0) is 9.59 Å². The average molecular weight is 407 g/mol. The molecule has 1 aliphatic carbocycles. The van der Waals surface area contributed by atoms with Gasteiger partial charge in [-0.1, -0.05) is 55.4 Å². The normalized spacial score (nSPS) is 17.4. The van der Waals surface area contributed by atoms with Crippen molar-refractivity contribution in [1.29, 1.82) is 0 Å². The lowest BCUT2D eigenvalue weighted by Gasteiger charge is -2.38.